The molecule has 3 heterocycles. The number of anilines is 1. The molecule has 33 heavy (non-hydrogen) atoms. The van der Waals surface area contributed by atoms with Gasteiger partial charge < -0.3 is 10.1 Å². The number of hydrogen-bond donors (Lipinski definition) is 1. The van der Waals surface area contributed by atoms with Crippen LogP contribution < -0.4 is 5.32 Å². The highest BCUT2D eigenvalue weighted by Gasteiger charge is 2.15. The molecule has 0 unspecified atom stereocenters. The maximum Gasteiger partial charge on any atom is 0.359 e. The lowest BCUT2D eigenvalue weighted by molar-refractivity contribution is -0.119. The van der Waals surface area contributed by atoms with E-state index in [9.17, 15) is 9.59 Å². The summed E-state index contributed by atoms with van der Waals surface area (Å²) in [5.74, 6) is -0.165. The monoisotopic (exact) mass is 444 g/mol. The average molecular weight is 444 g/mol. The molecule has 0 aliphatic carbocycles. The molecule has 4 rings (SSSR count). The standard InChI is InChI=1S/C24H24N6O3/c1-17(2)19-5-3-18(4-6-19)15-30-22(9-13-26-30)27-23(31)16-33-24(32)21-10-14-29(28-21)20-7-11-25-12-8-20/h3-14,17H,15-16H2,1-2H3,(H,27,31). The predicted octanol–water partition coefficient (Wildman–Crippen LogP) is 3.43. The molecule has 168 valence electrons. The largest absolute Gasteiger partial charge is 0.451 e. The molecule has 1 aromatic carbocycles. The van der Waals surface area contributed by atoms with Crippen LogP contribution in [0.2, 0.25) is 0 Å². The van der Waals surface area contributed by atoms with Gasteiger partial charge in [0.2, 0.25) is 0 Å². The van der Waals surface area contributed by atoms with Crippen molar-refractivity contribution in [2.24, 2.45) is 0 Å². The minimum absolute atomic E-state index is 0.106. The molecule has 1 N–H and O–H groups in total. The smallest absolute Gasteiger partial charge is 0.359 e. The molecule has 0 fully saturated rings. The highest BCUT2D eigenvalue weighted by molar-refractivity contribution is 5.94. The van der Waals surface area contributed by atoms with E-state index in [1.165, 1.54) is 16.3 Å². The van der Waals surface area contributed by atoms with Gasteiger partial charge in [-0.3, -0.25) is 9.78 Å². The summed E-state index contributed by atoms with van der Waals surface area (Å²) in [5, 5.41) is 11.2. The molecule has 0 aliphatic rings. The zero-order valence-electron chi connectivity index (χ0n) is 18.4. The fourth-order valence-electron chi connectivity index (χ4n) is 3.20. The summed E-state index contributed by atoms with van der Waals surface area (Å²) >= 11 is 0. The van der Waals surface area contributed by atoms with Crippen LogP contribution in [-0.2, 0) is 16.1 Å². The van der Waals surface area contributed by atoms with E-state index in [1.54, 1.807) is 47.7 Å². The number of nitrogens with one attached hydrogen (secondary N) is 1. The summed E-state index contributed by atoms with van der Waals surface area (Å²) in [6.45, 7) is 4.37. The van der Waals surface area contributed by atoms with Gasteiger partial charge in [0.25, 0.3) is 5.91 Å². The Morgan fingerprint density at radius 3 is 2.48 bits per heavy atom. The lowest BCUT2D eigenvalue weighted by Crippen LogP contribution is -2.23. The molecule has 0 saturated heterocycles. The predicted molar refractivity (Wildman–Crippen MR) is 122 cm³/mol. The number of hydrogen-bond acceptors (Lipinski definition) is 6. The highest BCUT2D eigenvalue weighted by atomic mass is 16.5. The van der Waals surface area contributed by atoms with Crippen LogP contribution in [0.15, 0.2) is 73.3 Å². The highest BCUT2D eigenvalue weighted by Crippen LogP contribution is 2.16. The summed E-state index contributed by atoms with van der Waals surface area (Å²) in [4.78, 5) is 28.6. The third-order valence-electron chi connectivity index (χ3n) is 5.02. The van der Waals surface area contributed by atoms with Crippen LogP contribution in [0, 0.1) is 0 Å². The molecule has 0 atom stereocenters. The van der Waals surface area contributed by atoms with E-state index < -0.39 is 18.5 Å². The van der Waals surface area contributed by atoms with E-state index in [2.05, 4.69) is 58.6 Å². The van der Waals surface area contributed by atoms with Crippen LogP contribution in [0.1, 0.15) is 41.4 Å². The van der Waals surface area contributed by atoms with Gasteiger partial charge in [-0.1, -0.05) is 38.1 Å². The number of pyridine rings is 1. The molecule has 1 amide bonds. The van der Waals surface area contributed by atoms with E-state index >= 15 is 0 Å². The molecule has 9 nitrogen and oxygen atoms in total. The number of benzene rings is 1. The van der Waals surface area contributed by atoms with E-state index in [0.717, 1.165) is 11.3 Å². The van der Waals surface area contributed by atoms with Crippen molar-refractivity contribution in [3.05, 3.63) is 90.1 Å². The van der Waals surface area contributed by atoms with Gasteiger partial charge >= 0.3 is 5.97 Å². The maximum atomic E-state index is 12.3. The number of rotatable bonds is 8. The summed E-state index contributed by atoms with van der Waals surface area (Å²) < 4.78 is 8.33. The van der Waals surface area contributed by atoms with Gasteiger partial charge in [0.15, 0.2) is 12.3 Å². The van der Waals surface area contributed by atoms with Crippen LogP contribution in [0.5, 0.6) is 0 Å². The summed E-state index contributed by atoms with van der Waals surface area (Å²) in [6, 6.07) is 15.0. The van der Waals surface area contributed by atoms with Crippen molar-refractivity contribution < 1.29 is 14.3 Å². The van der Waals surface area contributed by atoms with Gasteiger partial charge in [-0.25, -0.2) is 14.2 Å². The number of ether oxygens (including phenoxy) is 1. The van der Waals surface area contributed by atoms with E-state index in [-0.39, 0.29) is 5.69 Å². The Hall–Kier alpha value is -4.27. The summed E-state index contributed by atoms with van der Waals surface area (Å²) in [7, 11) is 0. The SMILES string of the molecule is CC(C)c1ccc(Cn2nccc2NC(=O)COC(=O)c2ccn(-c3ccncc3)n2)cc1. The number of nitrogens with zero attached hydrogens (tertiary/aromatic N) is 5. The molecule has 9 heteroatoms. The van der Waals surface area contributed by atoms with Crippen LogP contribution in [0.25, 0.3) is 5.69 Å². The van der Waals surface area contributed by atoms with Gasteiger partial charge in [-0.05, 0) is 35.2 Å². The Kier molecular flexibility index (Phi) is 6.58. The van der Waals surface area contributed by atoms with Gasteiger partial charge in [-0.2, -0.15) is 10.2 Å². The third kappa shape index (κ3) is 5.51. The molecular weight excluding hydrogens is 420 g/mol. The van der Waals surface area contributed by atoms with E-state index in [1.807, 2.05) is 0 Å². The average Bonchev–Trinajstić information content (AvgIpc) is 3.49. The Morgan fingerprint density at radius 1 is 1.00 bits per heavy atom. The number of carbonyl (C=O) groups excluding carboxylic acids is 2. The topological polar surface area (TPSA) is 104 Å². The van der Waals surface area contributed by atoms with E-state index in [4.69, 9.17) is 4.74 Å². The van der Waals surface area contributed by atoms with Gasteiger partial charge in [0.1, 0.15) is 5.82 Å². The number of esters is 1. The second-order valence-electron chi connectivity index (χ2n) is 7.75. The van der Waals surface area contributed by atoms with Crippen molar-refractivity contribution in [2.45, 2.75) is 26.3 Å². The van der Waals surface area contributed by atoms with Crippen molar-refractivity contribution in [2.75, 3.05) is 11.9 Å². The van der Waals surface area contributed by atoms with Gasteiger partial charge in [0.05, 0.1) is 18.4 Å². The zero-order valence-corrected chi connectivity index (χ0v) is 18.4. The number of carbonyl (C=O) groups is 2. The molecule has 3 aromatic heterocycles. The normalized spacial score (nSPS) is 10.9. The second kappa shape index (κ2) is 9.90. The van der Waals surface area contributed by atoms with Crippen LogP contribution in [-0.4, -0.2) is 43.0 Å². The fraction of sp³-hybridized carbons (Fsp3) is 0.208. The van der Waals surface area contributed by atoms with Gasteiger partial charge in [-0.15, -0.1) is 0 Å². The first-order chi connectivity index (χ1) is 16.0. The first kappa shape index (κ1) is 21.9. The molecular formula is C24H24N6O3. The van der Waals surface area contributed by atoms with Crippen LogP contribution in [0.4, 0.5) is 5.82 Å². The lowest BCUT2D eigenvalue weighted by atomic mass is 10.0. The van der Waals surface area contributed by atoms with Gasteiger partial charge in [0, 0.05) is 24.7 Å². The fourth-order valence-corrected chi connectivity index (χ4v) is 3.20. The third-order valence-corrected chi connectivity index (χ3v) is 5.02. The summed E-state index contributed by atoms with van der Waals surface area (Å²) in [6.07, 6.45) is 6.50. The Balaban J connectivity index is 1.31. The molecule has 4 aromatic rings. The van der Waals surface area contributed by atoms with Crippen LogP contribution in [0.3, 0.4) is 0 Å². The van der Waals surface area contributed by atoms with Crippen molar-refractivity contribution in [3.8, 4) is 5.69 Å². The molecule has 0 saturated carbocycles. The van der Waals surface area contributed by atoms with Crippen molar-refractivity contribution in [1.82, 2.24) is 24.5 Å². The Bertz CT molecular complexity index is 1230. The number of aromatic nitrogens is 5. The minimum Gasteiger partial charge on any atom is -0.451 e. The molecule has 0 bridgehead atoms. The van der Waals surface area contributed by atoms with Crippen molar-refractivity contribution >= 4 is 17.7 Å². The molecule has 0 aliphatic heterocycles. The zero-order chi connectivity index (χ0) is 23.2. The first-order valence-electron chi connectivity index (χ1n) is 10.5. The molecule has 0 radical (unpaired) electrons. The second-order valence-corrected chi connectivity index (χ2v) is 7.75. The van der Waals surface area contributed by atoms with Crippen molar-refractivity contribution in [1.29, 1.82) is 0 Å². The number of amides is 1. The van der Waals surface area contributed by atoms with E-state index in [0.29, 0.717) is 18.3 Å². The minimum atomic E-state index is -0.684. The Labute approximate surface area is 191 Å². The summed E-state index contributed by atoms with van der Waals surface area (Å²) in [5.41, 5.74) is 3.19. The van der Waals surface area contributed by atoms with Crippen molar-refractivity contribution in [3.63, 3.8) is 0 Å². The quantitative estimate of drug-likeness (QED) is 0.418. The Morgan fingerprint density at radius 2 is 1.76 bits per heavy atom. The first-order valence-corrected chi connectivity index (χ1v) is 10.5. The van der Waals surface area contributed by atoms with Crippen LogP contribution >= 0.6 is 0 Å². The lowest BCUT2D eigenvalue weighted by Gasteiger charge is -2.11. The molecule has 0 spiro atoms. The maximum absolute atomic E-state index is 12.3.